The van der Waals surface area contributed by atoms with E-state index < -0.39 is 6.10 Å². The molecule has 27 heavy (non-hydrogen) atoms. The molecule has 2 fully saturated rings. The van der Waals surface area contributed by atoms with Gasteiger partial charge in [0.05, 0.1) is 12.3 Å². The summed E-state index contributed by atoms with van der Waals surface area (Å²) in [6.45, 7) is 6.05. The molecule has 0 radical (unpaired) electrons. The van der Waals surface area contributed by atoms with Crippen LogP contribution in [0.2, 0.25) is 0 Å². The van der Waals surface area contributed by atoms with E-state index in [1.807, 2.05) is 7.05 Å². The van der Waals surface area contributed by atoms with Crippen LogP contribution in [0.3, 0.4) is 0 Å². The Morgan fingerprint density at radius 2 is 2.11 bits per heavy atom. The normalized spacial score (nSPS) is 22.3. The highest BCUT2D eigenvalue weighted by molar-refractivity contribution is 5.57. The lowest BCUT2D eigenvalue weighted by Crippen LogP contribution is -2.48. The number of piperazine rings is 1. The second kappa shape index (κ2) is 7.96. The van der Waals surface area contributed by atoms with Crippen LogP contribution in [0.4, 0.5) is 10.1 Å². The predicted octanol–water partition coefficient (Wildman–Crippen LogP) is 1.80. The lowest BCUT2D eigenvalue weighted by atomic mass is 10.0. The molecule has 146 valence electrons. The Kier molecular flexibility index (Phi) is 5.43. The minimum Gasteiger partial charge on any atom is -0.381 e. The van der Waals surface area contributed by atoms with Crippen LogP contribution in [0.25, 0.3) is 0 Å². The number of anilines is 1. The van der Waals surface area contributed by atoms with Crippen molar-refractivity contribution in [2.45, 2.75) is 12.5 Å². The number of imidazole rings is 1. The van der Waals surface area contributed by atoms with Gasteiger partial charge in [-0.3, -0.25) is 4.90 Å². The summed E-state index contributed by atoms with van der Waals surface area (Å²) in [5, 5.41) is 10.8. The first-order valence-electron chi connectivity index (χ1n) is 9.62. The predicted molar refractivity (Wildman–Crippen MR) is 101 cm³/mol. The third-order valence-electron chi connectivity index (χ3n) is 5.64. The van der Waals surface area contributed by atoms with Crippen molar-refractivity contribution in [1.29, 1.82) is 0 Å². The molecule has 1 aromatic carbocycles. The number of aromatic nitrogens is 2. The zero-order valence-electron chi connectivity index (χ0n) is 15.7. The number of para-hydroxylation sites is 1. The summed E-state index contributed by atoms with van der Waals surface area (Å²) in [6, 6.07) is 4.91. The summed E-state index contributed by atoms with van der Waals surface area (Å²) in [6.07, 6.45) is 3.60. The Labute approximate surface area is 159 Å². The van der Waals surface area contributed by atoms with Crippen LogP contribution in [0.1, 0.15) is 23.9 Å². The molecule has 0 spiro atoms. The summed E-state index contributed by atoms with van der Waals surface area (Å²) in [7, 11) is 1.83. The van der Waals surface area contributed by atoms with Gasteiger partial charge in [-0.1, -0.05) is 12.1 Å². The number of ether oxygens (including phenoxy) is 1. The Bertz CT molecular complexity index is 767. The van der Waals surface area contributed by atoms with Crippen molar-refractivity contribution in [2.75, 3.05) is 50.8 Å². The van der Waals surface area contributed by atoms with Gasteiger partial charge in [0, 0.05) is 64.3 Å². The molecule has 2 saturated heterocycles. The van der Waals surface area contributed by atoms with Crippen LogP contribution in [-0.4, -0.2) is 65.5 Å². The number of aliphatic hydroxyl groups is 1. The largest absolute Gasteiger partial charge is 0.381 e. The van der Waals surface area contributed by atoms with Crippen molar-refractivity contribution >= 4 is 5.69 Å². The maximum atomic E-state index is 14.8. The number of aliphatic hydroxyl groups excluding tert-OH is 1. The monoisotopic (exact) mass is 374 g/mol. The molecule has 7 heteroatoms. The molecule has 0 aliphatic carbocycles. The van der Waals surface area contributed by atoms with Gasteiger partial charge in [-0.2, -0.15) is 0 Å². The van der Waals surface area contributed by atoms with Crippen LogP contribution in [0.5, 0.6) is 0 Å². The second-order valence-corrected chi connectivity index (χ2v) is 7.49. The fourth-order valence-corrected chi connectivity index (χ4v) is 4.11. The summed E-state index contributed by atoms with van der Waals surface area (Å²) >= 11 is 0. The standard InChI is InChI=1S/C20H27FN4O2/c1-23-7-6-22-20(23)19(26)16-3-2-4-17(21)18(16)25-10-8-24(9-11-25)13-15-5-12-27-14-15/h2-4,6-7,15,19,26H,5,8-14H2,1H3/t15-,19+/m0/s1. The van der Waals surface area contributed by atoms with Crippen molar-refractivity contribution in [3.63, 3.8) is 0 Å². The van der Waals surface area contributed by atoms with E-state index in [0.717, 1.165) is 52.4 Å². The molecule has 0 saturated carbocycles. The quantitative estimate of drug-likeness (QED) is 0.865. The Balaban J connectivity index is 1.50. The van der Waals surface area contributed by atoms with E-state index in [9.17, 15) is 9.50 Å². The summed E-state index contributed by atoms with van der Waals surface area (Å²) in [5.74, 6) is 0.839. The highest BCUT2D eigenvalue weighted by Crippen LogP contribution is 2.33. The van der Waals surface area contributed by atoms with Gasteiger partial charge < -0.3 is 19.3 Å². The van der Waals surface area contributed by atoms with E-state index in [2.05, 4.69) is 14.8 Å². The molecule has 2 aliphatic heterocycles. The molecular weight excluding hydrogens is 347 g/mol. The Morgan fingerprint density at radius 1 is 1.30 bits per heavy atom. The first kappa shape index (κ1) is 18.4. The van der Waals surface area contributed by atoms with Crippen LogP contribution in [0, 0.1) is 11.7 Å². The minimum atomic E-state index is -0.954. The van der Waals surface area contributed by atoms with Gasteiger partial charge in [0.2, 0.25) is 0 Å². The van der Waals surface area contributed by atoms with Crippen LogP contribution >= 0.6 is 0 Å². The van der Waals surface area contributed by atoms with Crippen molar-refractivity contribution < 1.29 is 14.2 Å². The van der Waals surface area contributed by atoms with Gasteiger partial charge in [0.25, 0.3) is 0 Å². The first-order valence-corrected chi connectivity index (χ1v) is 9.62. The molecule has 2 aromatic rings. The summed E-state index contributed by atoms with van der Waals surface area (Å²) < 4.78 is 22.0. The molecule has 1 N–H and O–H groups in total. The highest BCUT2D eigenvalue weighted by Gasteiger charge is 2.28. The lowest BCUT2D eigenvalue weighted by molar-refractivity contribution is 0.164. The molecule has 4 rings (SSSR count). The number of benzene rings is 1. The van der Waals surface area contributed by atoms with Crippen LogP contribution in [-0.2, 0) is 11.8 Å². The second-order valence-electron chi connectivity index (χ2n) is 7.49. The van der Waals surface area contributed by atoms with Crippen LogP contribution < -0.4 is 4.90 Å². The number of hydrogen-bond acceptors (Lipinski definition) is 5. The van der Waals surface area contributed by atoms with Gasteiger partial charge in [-0.15, -0.1) is 0 Å². The molecule has 2 atom stereocenters. The summed E-state index contributed by atoms with van der Waals surface area (Å²) in [4.78, 5) is 8.72. The Hall–Kier alpha value is -1.96. The van der Waals surface area contributed by atoms with Crippen molar-refractivity contribution in [1.82, 2.24) is 14.5 Å². The molecule has 0 amide bonds. The fourth-order valence-electron chi connectivity index (χ4n) is 4.11. The van der Waals surface area contributed by atoms with E-state index in [0.29, 0.717) is 23.0 Å². The third kappa shape index (κ3) is 3.85. The number of hydrogen-bond donors (Lipinski definition) is 1. The van der Waals surface area contributed by atoms with Gasteiger partial charge in [-0.05, 0) is 18.4 Å². The van der Waals surface area contributed by atoms with E-state index in [1.54, 1.807) is 29.1 Å². The van der Waals surface area contributed by atoms with Crippen molar-refractivity contribution in [2.24, 2.45) is 13.0 Å². The fraction of sp³-hybridized carbons (Fsp3) is 0.550. The molecule has 0 unspecified atom stereocenters. The van der Waals surface area contributed by atoms with Gasteiger partial charge in [-0.25, -0.2) is 9.37 Å². The van der Waals surface area contributed by atoms with Crippen LogP contribution in [0.15, 0.2) is 30.6 Å². The van der Waals surface area contributed by atoms with E-state index >= 15 is 0 Å². The van der Waals surface area contributed by atoms with E-state index in [1.165, 1.54) is 6.07 Å². The van der Waals surface area contributed by atoms with Gasteiger partial charge in [0.15, 0.2) is 0 Å². The molecule has 3 heterocycles. The average molecular weight is 374 g/mol. The number of aryl methyl sites for hydroxylation is 1. The van der Waals surface area contributed by atoms with Crippen molar-refractivity contribution in [3.8, 4) is 0 Å². The highest BCUT2D eigenvalue weighted by atomic mass is 19.1. The van der Waals surface area contributed by atoms with Gasteiger partial charge in [0.1, 0.15) is 17.7 Å². The molecule has 0 bridgehead atoms. The first-order chi connectivity index (χ1) is 13.1. The van der Waals surface area contributed by atoms with Gasteiger partial charge >= 0.3 is 0 Å². The zero-order valence-corrected chi connectivity index (χ0v) is 15.7. The number of rotatable bonds is 5. The van der Waals surface area contributed by atoms with Crippen molar-refractivity contribution in [3.05, 3.63) is 47.8 Å². The SMILES string of the molecule is Cn1ccnc1[C@H](O)c1cccc(F)c1N1CCN(C[C@@H]2CCOC2)CC1. The Morgan fingerprint density at radius 3 is 2.78 bits per heavy atom. The summed E-state index contributed by atoms with van der Waals surface area (Å²) in [5.41, 5.74) is 1.07. The third-order valence-corrected chi connectivity index (χ3v) is 5.64. The minimum absolute atomic E-state index is 0.293. The van der Waals surface area contributed by atoms with E-state index in [4.69, 9.17) is 4.74 Å². The molecule has 1 aromatic heterocycles. The van der Waals surface area contributed by atoms with E-state index in [-0.39, 0.29) is 5.82 Å². The molecule has 2 aliphatic rings. The molecular formula is C20H27FN4O2. The average Bonchev–Trinajstić information content (AvgIpc) is 3.33. The maximum absolute atomic E-state index is 14.8. The number of halogens is 1. The lowest BCUT2D eigenvalue weighted by Gasteiger charge is -2.38. The maximum Gasteiger partial charge on any atom is 0.146 e. The number of nitrogens with zero attached hydrogens (tertiary/aromatic N) is 4. The molecule has 6 nitrogen and oxygen atoms in total. The smallest absolute Gasteiger partial charge is 0.146 e. The zero-order chi connectivity index (χ0) is 18.8. The topological polar surface area (TPSA) is 53.8 Å².